The molecule has 27 heavy (non-hydrogen) atoms. The fourth-order valence-corrected chi connectivity index (χ4v) is 3.45. The molecule has 0 radical (unpaired) electrons. The van der Waals surface area contributed by atoms with Crippen molar-refractivity contribution in [3.63, 3.8) is 0 Å². The van der Waals surface area contributed by atoms with Crippen molar-refractivity contribution < 1.29 is 19.4 Å². The molecule has 0 spiro atoms. The minimum atomic E-state index is -1.03. The number of hydrogen-bond donors (Lipinski definition) is 2. The summed E-state index contributed by atoms with van der Waals surface area (Å²) in [5.41, 5.74) is 3.82. The van der Waals surface area contributed by atoms with Crippen LogP contribution in [0.15, 0.2) is 36.4 Å². The summed E-state index contributed by atoms with van der Waals surface area (Å²) >= 11 is 0. The molecule has 1 heterocycles. The zero-order valence-corrected chi connectivity index (χ0v) is 15.6. The van der Waals surface area contributed by atoms with E-state index in [-0.39, 0.29) is 5.91 Å². The van der Waals surface area contributed by atoms with E-state index in [0.29, 0.717) is 11.3 Å². The van der Waals surface area contributed by atoms with Gasteiger partial charge in [0.1, 0.15) is 5.75 Å². The Morgan fingerprint density at radius 1 is 1.11 bits per heavy atom. The fraction of sp³-hybridized carbons (Fsp3) is 0.333. The van der Waals surface area contributed by atoms with Crippen molar-refractivity contribution in [1.82, 2.24) is 0 Å². The minimum Gasteiger partial charge on any atom is -0.481 e. The molecule has 1 amide bonds. The number of carbonyl (C=O) groups is 2. The molecule has 2 aromatic carbocycles. The van der Waals surface area contributed by atoms with E-state index in [2.05, 4.69) is 10.2 Å². The normalized spacial score (nSPS) is 13.5. The quantitative estimate of drug-likeness (QED) is 0.814. The second-order valence-corrected chi connectivity index (χ2v) is 6.79. The number of carboxylic acids is 1. The van der Waals surface area contributed by atoms with Crippen LogP contribution in [0.25, 0.3) is 0 Å². The highest BCUT2D eigenvalue weighted by atomic mass is 16.5. The molecule has 6 nitrogen and oxygen atoms in total. The average molecular weight is 368 g/mol. The van der Waals surface area contributed by atoms with E-state index in [1.807, 2.05) is 24.3 Å². The smallest absolute Gasteiger partial charge is 0.341 e. The van der Waals surface area contributed by atoms with Gasteiger partial charge in [0, 0.05) is 18.7 Å². The van der Waals surface area contributed by atoms with Crippen LogP contribution in [0.5, 0.6) is 5.75 Å². The topological polar surface area (TPSA) is 78.9 Å². The Balaban J connectivity index is 1.80. The molecule has 0 aliphatic carbocycles. The Morgan fingerprint density at radius 2 is 1.74 bits per heavy atom. The number of carbonyl (C=O) groups excluding carboxylic acids is 1. The molecule has 0 atom stereocenters. The van der Waals surface area contributed by atoms with Gasteiger partial charge in [-0.25, -0.2) is 4.79 Å². The van der Waals surface area contributed by atoms with E-state index in [9.17, 15) is 9.59 Å². The Bertz CT molecular complexity index is 834. The molecular formula is C21H24N2O4. The first-order valence-corrected chi connectivity index (χ1v) is 9.07. The van der Waals surface area contributed by atoms with E-state index >= 15 is 0 Å². The van der Waals surface area contributed by atoms with E-state index < -0.39 is 12.6 Å². The number of carboxylic acid groups (broad SMARTS) is 1. The van der Waals surface area contributed by atoms with Gasteiger partial charge in [0.15, 0.2) is 6.61 Å². The molecule has 0 saturated carbocycles. The van der Waals surface area contributed by atoms with Crippen LogP contribution in [0.2, 0.25) is 0 Å². The molecule has 1 aliphatic heterocycles. The maximum Gasteiger partial charge on any atom is 0.341 e. The van der Waals surface area contributed by atoms with Gasteiger partial charge in [0.25, 0.3) is 5.91 Å². The number of nitrogens with zero attached hydrogens (tertiary/aromatic N) is 1. The number of aliphatic carboxylic acids is 1. The van der Waals surface area contributed by atoms with E-state index in [4.69, 9.17) is 9.84 Å². The first-order chi connectivity index (χ1) is 13.0. The number of amides is 1. The molecule has 1 aliphatic rings. The van der Waals surface area contributed by atoms with Gasteiger partial charge in [0.2, 0.25) is 0 Å². The molecule has 3 rings (SSSR count). The van der Waals surface area contributed by atoms with Gasteiger partial charge in [-0.05, 0) is 62.1 Å². The molecule has 2 aromatic rings. The van der Waals surface area contributed by atoms with Gasteiger partial charge in [0.05, 0.1) is 11.4 Å². The maximum atomic E-state index is 12.8. The summed E-state index contributed by atoms with van der Waals surface area (Å²) in [5, 5.41) is 11.8. The lowest BCUT2D eigenvalue weighted by Gasteiger charge is -2.21. The predicted molar refractivity (Wildman–Crippen MR) is 105 cm³/mol. The monoisotopic (exact) mass is 368 g/mol. The standard InChI is InChI=1S/C21H24N2O4/c1-14-11-16(12-15(2)20(14)27-13-19(24)25)21(26)22-17-7-3-4-8-18(17)23-9-5-6-10-23/h3-4,7-8,11-12H,5-6,9-10,13H2,1-2H3,(H,22,26)(H,24,25). The largest absolute Gasteiger partial charge is 0.481 e. The lowest BCUT2D eigenvalue weighted by molar-refractivity contribution is -0.139. The third-order valence-corrected chi connectivity index (χ3v) is 4.66. The molecule has 6 heteroatoms. The Hall–Kier alpha value is -3.02. The highest BCUT2D eigenvalue weighted by molar-refractivity contribution is 6.06. The van der Waals surface area contributed by atoms with Crippen molar-refractivity contribution in [2.45, 2.75) is 26.7 Å². The molecule has 0 bridgehead atoms. The molecule has 1 saturated heterocycles. The summed E-state index contributed by atoms with van der Waals surface area (Å²) in [5.74, 6) is -0.724. The van der Waals surface area contributed by atoms with Gasteiger partial charge in [-0.15, -0.1) is 0 Å². The van der Waals surface area contributed by atoms with Crippen LogP contribution in [0.3, 0.4) is 0 Å². The van der Waals surface area contributed by atoms with Crippen LogP contribution in [0, 0.1) is 13.8 Å². The Labute approximate surface area is 158 Å². The second-order valence-electron chi connectivity index (χ2n) is 6.79. The van der Waals surface area contributed by atoms with Crippen molar-refractivity contribution >= 4 is 23.3 Å². The van der Waals surface area contributed by atoms with Crippen LogP contribution in [0.4, 0.5) is 11.4 Å². The SMILES string of the molecule is Cc1cc(C(=O)Nc2ccccc2N2CCCC2)cc(C)c1OCC(=O)O. The van der Waals surface area contributed by atoms with E-state index in [1.54, 1.807) is 26.0 Å². The highest BCUT2D eigenvalue weighted by Crippen LogP contribution is 2.30. The number of rotatable bonds is 6. The van der Waals surface area contributed by atoms with Crippen molar-refractivity contribution in [3.05, 3.63) is 53.1 Å². The van der Waals surface area contributed by atoms with E-state index in [0.717, 1.165) is 35.6 Å². The third-order valence-electron chi connectivity index (χ3n) is 4.66. The molecule has 0 aromatic heterocycles. The maximum absolute atomic E-state index is 12.8. The number of ether oxygens (including phenoxy) is 1. The molecule has 0 unspecified atom stereocenters. The van der Waals surface area contributed by atoms with Crippen molar-refractivity contribution in [1.29, 1.82) is 0 Å². The summed E-state index contributed by atoms with van der Waals surface area (Å²) in [4.78, 5) is 25.8. The van der Waals surface area contributed by atoms with Crippen molar-refractivity contribution in [2.75, 3.05) is 29.9 Å². The van der Waals surface area contributed by atoms with Gasteiger partial charge in [-0.2, -0.15) is 0 Å². The Kier molecular flexibility index (Phi) is 5.64. The number of anilines is 2. The van der Waals surface area contributed by atoms with E-state index in [1.165, 1.54) is 12.8 Å². The predicted octanol–water partition coefficient (Wildman–Crippen LogP) is 3.62. The van der Waals surface area contributed by atoms with Gasteiger partial charge >= 0.3 is 5.97 Å². The zero-order valence-electron chi connectivity index (χ0n) is 15.6. The van der Waals surface area contributed by atoms with Gasteiger partial charge in [-0.1, -0.05) is 12.1 Å². The van der Waals surface area contributed by atoms with Crippen LogP contribution in [-0.4, -0.2) is 36.7 Å². The number of para-hydroxylation sites is 2. The van der Waals surface area contributed by atoms with Crippen LogP contribution >= 0.6 is 0 Å². The zero-order chi connectivity index (χ0) is 19.4. The van der Waals surface area contributed by atoms with Crippen LogP contribution < -0.4 is 15.0 Å². The average Bonchev–Trinajstić information content (AvgIpc) is 3.15. The second kappa shape index (κ2) is 8.12. The molecule has 2 N–H and O–H groups in total. The first kappa shape index (κ1) is 18.8. The summed E-state index contributed by atoms with van der Waals surface area (Å²) in [6.45, 7) is 5.20. The van der Waals surface area contributed by atoms with Gasteiger partial charge in [-0.3, -0.25) is 4.79 Å². The summed E-state index contributed by atoms with van der Waals surface area (Å²) in [6.07, 6.45) is 2.33. The lowest BCUT2D eigenvalue weighted by Crippen LogP contribution is -2.21. The summed E-state index contributed by atoms with van der Waals surface area (Å²) < 4.78 is 5.33. The number of benzene rings is 2. The van der Waals surface area contributed by atoms with Gasteiger partial charge < -0.3 is 20.1 Å². The number of aryl methyl sites for hydroxylation is 2. The number of hydrogen-bond acceptors (Lipinski definition) is 4. The Morgan fingerprint density at radius 3 is 2.37 bits per heavy atom. The molecule has 1 fully saturated rings. The van der Waals surface area contributed by atoms with Crippen LogP contribution in [0.1, 0.15) is 34.3 Å². The highest BCUT2D eigenvalue weighted by Gasteiger charge is 2.18. The van der Waals surface area contributed by atoms with Crippen LogP contribution in [-0.2, 0) is 4.79 Å². The number of nitrogens with one attached hydrogen (secondary N) is 1. The molecular weight excluding hydrogens is 344 g/mol. The van der Waals surface area contributed by atoms with Crippen molar-refractivity contribution in [2.24, 2.45) is 0 Å². The first-order valence-electron chi connectivity index (χ1n) is 9.07. The minimum absolute atomic E-state index is 0.197. The molecule has 142 valence electrons. The fourth-order valence-electron chi connectivity index (χ4n) is 3.45. The third kappa shape index (κ3) is 4.39. The summed E-state index contributed by atoms with van der Waals surface area (Å²) in [6, 6.07) is 11.3. The van der Waals surface area contributed by atoms with Crippen molar-refractivity contribution in [3.8, 4) is 5.75 Å². The summed E-state index contributed by atoms with van der Waals surface area (Å²) in [7, 11) is 0. The lowest BCUT2D eigenvalue weighted by atomic mass is 10.0.